The molecule has 0 bridgehead atoms. The number of H-pyrrole nitrogens is 1. The Kier molecular flexibility index (Phi) is 3.21. The summed E-state index contributed by atoms with van der Waals surface area (Å²) in [5, 5.41) is 0. The zero-order valence-electron chi connectivity index (χ0n) is 10.8. The SMILES string of the molecule is CCOC(=O)c1ccc2nc(C3CCCO3)[nH]c2c1. The molecule has 19 heavy (non-hydrogen) atoms. The van der Waals surface area contributed by atoms with Crippen molar-refractivity contribution < 1.29 is 14.3 Å². The Labute approximate surface area is 110 Å². The Bertz CT molecular complexity index is 600. The highest BCUT2D eigenvalue weighted by atomic mass is 16.5. The van der Waals surface area contributed by atoms with E-state index in [2.05, 4.69) is 9.97 Å². The molecule has 0 spiro atoms. The number of carbonyl (C=O) groups is 1. The van der Waals surface area contributed by atoms with E-state index in [1.165, 1.54) is 0 Å². The Morgan fingerprint density at radius 3 is 3.21 bits per heavy atom. The number of ether oxygens (including phenoxy) is 2. The third-order valence-corrected chi connectivity index (χ3v) is 3.25. The van der Waals surface area contributed by atoms with Crippen molar-refractivity contribution in [3.63, 3.8) is 0 Å². The van der Waals surface area contributed by atoms with Crippen molar-refractivity contribution in [2.75, 3.05) is 13.2 Å². The van der Waals surface area contributed by atoms with E-state index in [1.807, 2.05) is 6.07 Å². The Morgan fingerprint density at radius 2 is 2.47 bits per heavy atom. The van der Waals surface area contributed by atoms with E-state index in [9.17, 15) is 4.79 Å². The lowest BCUT2D eigenvalue weighted by molar-refractivity contribution is 0.0526. The van der Waals surface area contributed by atoms with Crippen LogP contribution in [0.2, 0.25) is 0 Å². The summed E-state index contributed by atoms with van der Waals surface area (Å²) < 4.78 is 10.6. The van der Waals surface area contributed by atoms with Gasteiger partial charge in [0, 0.05) is 6.61 Å². The molecular formula is C14H16N2O3. The van der Waals surface area contributed by atoms with Crippen LogP contribution in [0.4, 0.5) is 0 Å². The first-order valence-electron chi connectivity index (χ1n) is 6.56. The van der Waals surface area contributed by atoms with E-state index in [1.54, 1.807) is 19.1 Å². The van der Waals surface area contributed by atoms with E-state index < -0.39 is 0 Å². The van der Waals surface area contributed by atoms with Crippen molar-refractivity contribution in [3.8, 4) is 0 Å². The molecule has 2 aromatic rings. The first-order valence-corrected chi connectivity index (χ1v) is 6.56. The number of aromatic amines is 1. The number of hydrogen-bond acceptors (Lipinski definition) is 4. The van der Waals surface area contributed by atoms with Crippen molar-refractivity contribution >= 4 is 17.0 Å². The number of benzene rings is 1. The number of nitrogens with zero attached hydrogens (tertiary/aromatic N) is 1. The average molecular weight is 260 g/mol. The van der Waals surface area contributed by atoms with Crippen molar-refractivity contribution in [1.82, 2.24) is 9.97 Å². The number of esters is 1. The Balaban J connectivity index is 1.92. The van der Waals surface area contributed by atoms with Crippen molar-refractivity contribution in [2.45, 2.75) is 25.9 Å². The largest absolute Gasteiger partial charge is 0.462 e. The van der Waals surface area contributed by atoms with Gasteiger partial charge in [0.2, 0.25) is 0 Å². The fraction of sp³-hybridized carbons (Fsp3) is 0.429. The van der Waals surface area contributed by atoms with Gasteiger partial charge < -0.3 is 14.5 Å². The predicted octanol–water partition coefficient (Wildman–Crippen LogP) is 2.59. The normalized spacial score (nSPS) is 18.9. The smallest absolute Gasteiger partial charge is 0.338 e. The Hall–Kier alpha value is -1.88. The molecule has 1 saturated heterocycles. The molecule has 1 aromatic heterocycles. The molecule has 1 aromatic carbocycles. The van der Waals surface area contributed by atoms with Gasteiger partial charge in [0.05, 0.1) is 23.2 Å². The van der Waals surface area contributed by atoms with Crippen LogP contribution in [0.3, 0.4) is 0 Å². The fourth-order valence-corrected chi connectivity index (χ4v) is 2.32. The van der Waals surface area contributed by atoms with Gasteiger partial charge in [-0.1, -0.05) is 0 Å². The molecule has 3 rings (SSSR count). The van der Waals surface area contributed by atoms with Gasteiger partial charge in [-0.25, -0.2) is 9.78 Å². The molecule has 2 heterocycles. The molecular weight excluding hydrogens is 244 g/mol. The molecule has 0 radical (unpaired) electrons. The third kappa shape index (κ3) is 2.33. The molecule has 1 unspecified atom stereocenters. The van der Waals surface area contributed by atoms with Gasteiger partial charge in [0.15, 0.2) is 0 Å². The first-order chi connectivity index (χ1) is 9.28. The maximum absolute atomic E-state index is 11.7. The zero-order valence-corrected chi connectivity index (χ0v) is 10.8. The first kappa shape index (κ1) is 12.2. The summed E-state index contributed by atoms with van der Waals surface area (Å²) in [6.07, 6.45) is 2.11. The molecule has 1 fully saturated rings. The molecule has 1 aliphatic heterocycles. The molecule has 1 N–H and O–H groups in total. The summed E-state index contributed by atoms with van der Waals surface area (Å²) in [4.78, 5) is 19.4. The second kappa shape index (κ2) is 5.01. The highest BCUT2D eigenvalue weighted by molar-refractivity contribution is 5.93. The lowest BCUT2D eigenvalue weighted by Gasteiger charge is -2.03. The van der Waals surface area contributed by atoms with Gasteiger partial charge in [-0.3, -0.25) is 0 Å². The summed E-state index contributed by atoms with van der Waals surface area (Å²) in [7, 11) is 0. The van der Waals surface area contributed by atoms with Gasteiger partial charge in [0.25, 0.3) is 0 Å². The van der Waals surface area contributed by atoms with Crippen LogP contribution in [-0.4, -0.2) is 29.2 Å². The number of hydrogen-bond donors (Lipinski definition) is 1. The number of carbonyl (C=O) groups excluding carboxylic acids is 1. The van der Waals surface area contributed by atoms with Crippen LogP contribution in [0.15, 0.2) is 18.2 Å². The molecule has 1 aliphatic rings. The van der Waals surface area contributed by atoms with Crippen LogP contribution >= 0.6 is 0 Å². The number of fused-ring (bicyclic) bond motifs is 1. The minimum atomic E-state index is -0.308. The number of aromatic nitrogens is 2. The van der Waals surface area contributed by atoms with Gasteiger partial charge in [-0.15, -0.1) is 0 Å². The topological polar surface area (TPSA) is 64.2 Å². The van der Waals surface area contributed by atoms with E-state index in [4.69, 9.17) is 9.47 Å². The van der Waals surface area contributed by atoms with Crippen LogP contribution in [0.5, 0.6) is 0 Å². The van der Waals surface area contributed by atoms with Gasteiger partial charge >= 0.3 is 5.97 Å². The van der Waals surface area contributed by atoms with Crippen LogP contribution < -0.4 is 0 Å². The molecule has 100 valence electrons. The minimum Gasteiger partial charge on any atom is -0.462 e. The quantitative estimate of drug-likeness (QED) is 0.861. The lowest BCUT2D eigenvalue weighted by Crippen LogP contribution is -2.04. The standard InChI is InChI=1S/C14H16N2O3/c1-2-18-14(17)9-5-6-10-11(8-9)16-13(15-10)12-4-3-7-19-12/h5-6,8,12H,2-4,7H2,1H3,(H,15,16). The number of imidazole rings is 1. The van der Waals surface area contributed by atoms with Gasteiger partial charge in [0.1, 0.15) is 11.9 Å². The maximum atomic E-state index is 11.7. The van der Waals surface area contributed by atoms with Gasteiger partial charge in [-0.2, -0.15) is 0 Å². The lowest BCUT2D eigenvalue weighted by atomic mass is 10.2. The van der Waals surface area contributed by atoms with E-state index in [-0.39, 0.29) is 12.1 Å². The third-order valence-electron chi connectivity index (χ3n) is 3.25. The highest BCUT2D eigenvalue weighted by Gasteiger charge is 2.21. The van der Waals surface area contributed by atoms with Crippen LogP contribution in [0.1, 0.15) is 42.1 Å². The summed E-state index contributed by atoms with van der Waals surface area (Å²) in [5.41, 5.74) is 2.23. The molecule has 0 saturated carbocycles. The summed E-state index contributed by atoms with van der Waals surface area (Å²) >= 11 is 0. The summed E-state index contributed by atoms with van der Waals surface area (Å²) in [5.74, 6) is 0.533. The van der Waals surface area contributed by atoms with E-state index in [0.29, 0.717) is 12.2 Å². The van der Waals surface area contributed by atoms with Crippen LogP contribution in [-0.2, 0) is 9.47 Å². The van der Waals surface area contributed by atoms with E-state index in [0.717, 1.165) is 36.3 Å². The minimum absolute atomic E-state index is 0.0541. The zero-order chi connectivity index (χ0) is 13.2. The Morgan fingerprint density at radius 1 is 1.58 bits per heavy atom. The molecule has 5 nitrogen and oxygen atoms in total. The monoisotopic (exact) mass is 260 g/mol. The molecule has 1 atom stereocenters. The average Bonchev–Trinajstić information content (AvgIpc) is 3.07. The number of nitrogens with one attached hydrogen (secondary N) is 1. The van der Waals surface area contributed by atoms with Crippen molar-refractivity contribution in [3.05, 3.63) is 29.6 Å². The van der Waals surface area contributed by atoms with E-state index >= 15 is 0 Å². The highest BCUT2D eigenvalue weighted by Crippen LogP contribution is 2.28. The van der Waals surface area contributed by atoms with Crippen LogP contribution in [0.25, 0.3) is 11.0 Å². The molecule has 0 amide bonds. The predicted molar refractivity (Wildman–Crippen MR) is 70.0 cm³/mol. The van der Waals surface area contributed by atoms with Crippen molar-refractivity contribution in [2.24, 2.45) is 0 Å². The number of rotatable bonds is 3. The maximum Gasteiger partial charge on any atom is 0.338 e. The molecule has 5 heteroatoms. The second-order valence-electron chi connectivity index (χ2n) is 4.58. The van der Waals surface area contributed by atoms with Crippen LogP contribution in [0, 0.1) is 0 Å². The molecule has 0 aliphatic carbocycles. The second-order valence-corrected chi connectivity index (χ2v) is 4.58. The van der Waals surface area contributed by atoms with Gasteiger partial charge in [-0.05, 0) is 38.0 Å². The fourth-order valence-electron chi connectivity index (χ4n) is 2.32. The summed E-state index contributed by atoms with van der Waals surface area (Å²) in [6.45, 7) is 2.96. The van der Waals surface area contributed by atoms with Crippen molar-refractivity contribution in [1.29, 1.82) is 0 Å². The summed E-state index contributed by atoms with van der Waals surface area (Å²) in [6, 6.07) is 5.34.